The minimum Gasteiger partial charge on any atom is -0.506 e. The largest absolute Gasteiger partial charge is 0.506 e. The fourth-order valence-corrected chi connectivity index (χ4v) is 2.92. The summed E-state index contributed by atoms with van der Waals surface area (Å²) in [5.74, 6) is -0.783. The van der Waals surface area contributed by atoms with Crippen molar-refractivity contribution >= 4 is 29.6 Å². The molecular weight excluding hydrogens is 404 g/mol. The van der Waals surface area contributed by atoms with Gasteiger partial charge in [-0.15, -0.1) is 0 Å². The fourth-order valence-electron chi connectivity index (χ4n) is 2.74. The lowest BCUT2D eigenvalue weighted by atomic mass is 10.1. The lowest BCUT2D eigenvalue weighted by Crippen LogP contribution is -2.24. The Morgan fingerprint density at radius 3 is 2.57 bits per heavy atom. The molecule has 2 aromatic carbocycles. The quantitative estimate of drug-likeness (QED) is 0.418. The molecule has 2 amide bonds. The third-order valence-electron chi connectivity index (χ3n) is 4.42. The normalized spacial score (nSPS) is 10.9. The molecule has 0 aliphatic heterocycles. The summed E-state index contributed by atoms with van der Waals surface area (Å²) in [7, 11) is 1.76. The van der Waals surface area contributed by atoms with E-state index in [4.69, 9.17) is 11.6 Å². The molecule has 7 nitrogen and oxygen atoms in total. The van der Waals surface area contributed by atoms with Crippen LogP contribution < -0.4 is 10.7 Å². The van der Waals surface area contributed by atoms with Gasteiger partial charge in [-0.1, -0.05) is 41.4 Å². The maximum atomic E-state index is 12.5. The second-order valence-electron chi connectivity index (χ2n) is 6.80. The first-order valence-corrected chi connectivity index (χ1v) is 9.53. The highest BCUT2D eigenvalue weighted by Gasteiger charge is 2.11. The number of halogens is 1. The van der Waals surface area contributed by atoms with Crippen LogP contribution in [0.2, 0.25) is 5.02 Å². The molecule has 8 heteroatoms. The van der Waals surface area contributed by atoms with Gasteiger partial charge in [-0.05, 0) is 36.8 Å². The van der Waals surface area contributed by atoms with E-state index in [2.05, 4.69) is 15.8 Å². The molecule has 0 radical (unpaired) electrons. The van der Waals surface area contributed by atoms with Gasteiger partial charge in [0.2, 0.25) is 0 Å². The predicted molar refractivity (Wildman–Crippen MR) is 116 cm³/mol. The van der Waals surface area contributed by atoms with E-state index in [0.717, 1.165) is 11.1 Å². The summed E-state index contributed by atoms with van der Waals surface area (Å²) in [6, 6.07) is 13.7. The van der Waals surface area contributed by atoms with E-state index < -0.39 is 5.91 Å². The Labute approximate surface area is 179 Å². The zero-order chi connectivity index (χ0) is 21.7. The first-order chi connectivity index (χ1) is 14.3. The monoisotopic (exact) mass is 424 g/mol. The zero-order valence-electron chi connectivity index (χ0n) is 16.5. The summed E-state index contributed by atoms with van der Waals surface area (Å²) in [5, 5.41) is 16.3. The molecule has 1 heterocycles. The lowest BCUT2D eigenvalue weighted by Gasteiger charge is -2.06. The van der Waals surface area contributed by atoms with E-state index in [-0.39, 0.29) is 22.2 Å². The number of aryl methyl sites for hydroxylation is 2. The standard InChI is InChI=1S/C22H21ClN4O3/c1-14-3-5-15(6-4-14)11-24-22(30)19-9-16(13-27(19)2)12-25-26-21(29)17-7-8-20(28)18(23)10-17/h3-10,12-13,28H,11H2,1-2H3,(H,24,30)(H,26,29). The summed E-state index contributed by atoms with van der Waals surface area (Å²) in [6.45, 7) is 2.44. The number of aromatic hydroxyl groups is 1. The van der Waals surface area contributed by atoms with Crippen LogP contribution in [0.25, 0.3) is 0 Å². The second-order valence-corrected chi connectivity index (χ2v) is 7.21. The summed E-state index contributed by atoms with van der Waals surface area (Å²) in [6.07, 6.45) is 3.17. The number of hydrogen-bond acceptors (Lipinski definition) is 4. The number of rotatable bonds is 6. The average Bonchev–Trinajstić information content (AvgIpc) is 3.09. The number of benzene rings is 2. The molecule has 0 atom stereocenters. The van der Waals surface area contributed by atoms with Gasteiger partial charge in [0.1, 0.15) is 11.4 Å². The molecule has 0 fully saturated rings. The number of hydrazone groups is 1. The van der Waals surface area contributed by atoms with E-state index in [1.807, 2.05) is 31.2 Å². The molecule has 1 aromatic heterocycles. The van der Waals surface area contributed by atoms with Crippen LogP contribution in [-0.4, -0.2) is 27.7 Å². The molecular formula is C22H21ClN4O3. The minimum absolute atomic E-state index is 0.0796. The Morgan fingerprint density at radius 2 is 1.87 bits per heavy atom. The van der Waals surface area contributed by atoms with Gasteiger partial charge in [-0.25, -0.2) is 5.43 Å². The highest BCUT2D eigenvalue weighted by atomic mass is 35.5. The number of hydrogen-bond donors (Lipinski definition) is 3. The van der Waals surface area contributed by atoms with Gasteiger partial charge in [-0.2, -0.15) is 5.10 Å². The van der Waals surface area contributed by atoms with Crippen LogP contribution in [0, 0.1) is 6.92 Å². The number of carbonyl (C=O) groups excluding carboxylic acids is 2. The van der Waals surface area contributed by atoms with Crippen molar-refractivity contribution in [1.29, 1.82) is 0 Å². The van der Waals surface area contributed by atoms with Crippen LogP contribution in [0.3, 0.4) is 0 Å². The molecule has 154 valence electrons. The van der Waals surface area contributed by atoms with Crippen LogP contribution in [-0.2, 0) is 13.6 Å². The molecule has 3 rings (SSSR count). The molecule has 0 spiro atoms. The highest BCUT2D eigenvalue weighted by molar-refractivity contribution is 6.32. The van der Waals surface area contributed by atoms with Crippen molar-refractivity contribution in [3.63, 3.8) is 0 Å². The van der Waals surface area contributed by atoms with Crippen molar-refractivity contribution in [3.8, 4) is 5.75 Å². The molecule has 3 aromatic rings. The van der Waals surface area contributed by atoms with Gasteiger partial charge < -0.3 is 15.0 Å². The van der Waals surface area contributed by atoms with Crippen LogP contribution in [0.15, 0.2) is 59.8 Å². The SMILES string of the molecule is Cc1ccc(CNC(=O)c2cc(C=NNC(=O)c3ccc(O)c(Cl)c3)cn2C)cc1. The van der Waals surface area contributed by atoms with E-state index in [1.165, 1.54) is 24.4 Å². The number of nitrogens with zero attached hydrogens (tertiary/aromatic N) is 2. The Kier molecular flexibility index (Phi) is 6.54. The first kappa shape index (κ1) is 21.1. The fraction of sp³-hybridized carbons (Fsp3) is 0.136. The number of phenols is 1. The second kappa shape index (κ2) is 9.28. The van der Waals surface area contributed by atoms with Gasteiger partial charge in [0.15, 0.2) is 0 Å². The number of amides is 2. The average molecular weight is 425 g/mol. The Balaban J connectivity index is 1.59. The van der Waals surface area contributed by atoms with Crippen LogP contribution in [0.1, 0.15) is 37.5 Å². The number of aromatic nitrogens is 1. The summed E-state index contributed by atoms with van der Waals surface area (Å²) >= 11 is 5.80. The van der Waals surface area contributed by atoms with E-state index in [9.17, 15) is 14.7 Å². The Hall–Kier alpha value is -3.58. The van der Waals surface area contributed by atoms with Crippen molar-refractivity contribution in [3.05, 3.63) is 87.7 Å². The molecule has 0 bridgehead atoms. The van der Waals surface area contributed by atoms with Crippen molar-refractivity contribution in [2.45, 2.75) is 13.5 Å². The van der Waals surface area contributed by atoms with Crippen LogP contribution in [0.5, 0.6) is 5.75 Å². The smallest absolute Gasteiger partial charge is 0.271 e. The topological polar surface area (TPSA) is 95.7 Å². The van der Waals surface area contributed by atoms with Crippen LogP contribution >= 0.6 is 11.6 Å². The van der Waals surface area contributed by atoms with Crippen LogP contribution in [0.4, 0.5) is 0 Å². The molecule has 0 saturated heterocycles. The summed E-state index contributed by atoms with van der Waals surface area (Å²) < 4.78 is 1.69. The molecule has 0 aliphatic carbocycles. The highest BCUT2D eigenvalue weighted by Crippen LogP contribution is 2.23. The van der Waals surface area contributed by atoms with Crippen molar-refractivity contribution < 1.29 is 14.7 Å². The minimum atomic E-state index is -0.472. The maximum Gasteiger partial charge on any atom is 0.271 e. The van der Waals surface area contributed by atoms with E-state index >= 15 is 0 Å². The van der Waals surface area contributed by atoms with Gasteiger partial charge in [-0.3, -0.25) is 9.59 Å². The molecule has 30 heavy (non-hydrogen) atoms. The molecule has 0 saturated carbocycles. The third-order valence-corrected chi connectivity index (χ3v) is 4.72. The Morgan fingerprint density at radius 1 is 1.13 bits per heavy atom. The predicted octanol–water partition coefficient (Wildman–Crippen LogP) is 3.39. The summed E-state index contributed by atoms with van der Waals surface area (Å²) in [5.41, 5.74) is 5.95. The van der Waals surface area contributed by atoms with Crippen molar-refractivity contribution in [1.82, 2.24) is 15.3 Å². The summed E-state index contributed by atoms with van der Waals surface area (Å²) in [4.78, 5) is 24.6. The lowest BCUT2D eigenvalue weighted by molar-refractivity contribution is 0.0938. The number of carbonyl (C=O) groups is 2. The van der Waals surface area contributed by atoms with E-state index in [0.29, 0.717) is 17.8 Å². The molecule has 0 unspecified atom stereocenters. The third kappa shape index (κ3) is 5.27. The maximum absolute atomic E-state index is 12.5. The van der Waals surface area contributed by atoms with Crippen molar-refractivity contribution in [2.75, 3.05) is 0 Å². The zero-order valence-corrected chi connectivity index (χ0v) is 17.3. The first-order valence-electron chi connectivity index (χ1n) is 9.15. The van der Waals surface area contributed by atoms with Gasteiger partial charge in [0.25, 0.3) is 11.8 Å². The number of nitrogens with one attached hydrogen (secondary N) is 2. The number of phenolic OH excluding ortho intramolecular Hbond substituents is 1. The van der Waals surface area contributed by atoms with Gasteiger partial charge >= 0.3 is 0 Å². The van der Waals surface area contributed by atoms with Gasteiger partial charge in [0.05, 0.1) is 11.2 Å². The molecule has 3 N–H and O–H groups in total. The van der Waals surface area contributed by atoms with Gasteiger partial charge in [0, 0.05) is 30.9 Å². The molecule has 0 aliphatic rings. The Bertz CT molecular complexity index is 1100. The van der Waals surface area contributed by atoms with Crippen molar-refractivity contribution in [2.24, 2.45) is 12.1 Å². The van der Waals surface area contributed by atoms with E-state index in [1.54, 1.807) is 23.9 Å².